The van der Waals surface area contributed by atoms with Crippen LogP contribution in [0.3, 0.4) is 0 Å². The number of piperazine rings is 1. The number of benzene rings is 2. The lowest BCUT2D eigenvalue weighted by molar-refractivity contribution is 0.200. The molecule has 170 valence electrons. The summed E-state index contributed by atoms with van der Waals surface area (Å²) >= 11 is 1.79. The van der Waals surface area contributed by atoms with E-state index in [1.165, 1.54) is 21.4 Å². The van der Waals surface area contributed by atoms with Crippen molar-refractivity contribution < 1.29 is 4.74 Å². The summed E-state index contributed by atoms with van der Waals surface area (Å²) in [6, 6.07) is 20.6. The van der Waals surface area contributed by atoms with Crippen LogP contribution in [0.2, 0.25) is 0 Å². The molecule has 0 N–H and O–H groups in total. The van der Waals surface area contributed by atoms with Crippen LogP contribution in [0.15, 0.2) is 60.7 Å². The zero-order valence-corrected chi connectivity index (χ0v) is 20.1. The van der Waals surface area contributed by atoms with Crippen molar-refractivity contribution >= 4 is 27.4 Å². The number of hydrogen-bond donors (Lipinski definition) is 0. The zero-order valence-electron chi connectivity index (χ0n) is 19.3. The van der Waals surface area contributed by atoms with Crippen LogP contribution in [0.5, 0.6) is 5.75 Å². The van der Waals surface area contributed by atoms with Crippen molar-refractivity contribution in [1.29, 1.82) is 0 Å². The molecule has 0 aliphatic carbocycles. The molecule has 0 bridgehead atoms. The van der Waals surface area contributed by atoms with Crippen LogP contribution in [0.4, 0.5) is 5.82 Å². The topological polar surface area (TPSA) is 41.5 Å². The molecular formula is C27H30N4OS. The molecule has 1 aliphatic rings. The molecule has 1 saturated heterocycles. The van der Waals surface area contributed by atoms with Crippen molar-refractivity contribution in [3.8, 4) is 5.75 Å². The van der Waals surface area contributed by atoms with Gasteiger partial charge in [0, 0.05) is 44.0 Å². The Morgan fingerprint density at radius 2 is 1.58 bits per heavy atom. The summed E-state index contributed by atoms with van der Waals surface area (Å²) in [5, 5.41) is 1.23. The van der Waals surface area contributed by atoms with Gasteiger partial charge in [0.1, 0.15) is 28.8 Å². The summed E-state index contributed by atoms with van der Waals surface area (Å²) in [6.45, 7) is 10.0. The Labute approximate surface area is 199 Å². The average Bonchev–Trinajstić information content (AvgIpc) is 3.13. The average molecular weight is 459 g/mol. The van der Waals surface area contributed by atoms with E-state index >= 15 is 0 Å². The third kappa shape index (κ3) is 5.02. The number of fused-ring (bicyclic) bond motifs is 1. The van der Waals surface area contributed by atoms with Gasteiger partial charge in [-0.05, 0) is 37.1 Å². The number of nitrogens with zero attached hydrogens (tertiary/aromatic N) is 4. The smallest absolute Gasteiger partial charge is 0.141 e. The zero-order chi connectivity index (χ0) is 22.6. The van der Waals surface area contributed by atoms with Gasteiger partial charge in [-0.2, -0.15) is 0 Å². The van der Waals surface area contributed by atoms with Crippen LogP contribution in [-0.2, 0) is 6.42 Å². The van der Waals surface area contributed by atoms with E-state index in [9.17, 15) is 0 Å². The molecule has 6 heteroatoms. The Kier molecular flexibility index (Phi) is 6.55. The molecule has 0 unspecified atom stereocenters. The highest BCUT2D eigenvalue weighted by atomic mass is 32.1. The lowest BCUT2D eigenvalue weighted by Crippen LogP contribution is -2.48. The van der Waals surface area contributed by atoms with E-state index in [4.69, 9.17) is 14.7 Å². The Bertz CT molecular complexity index is 1200. The molecule has 0 amide bonds. The number of anilines is 1. The third-order valence-corrected chi connectivity index (χ3v) is 7.45. The van der Waals surface area contributed by atoms with Gasteiger partial charge < -0.3 is 9.64 Å². The molecular weight excluding hydrogens is 428 g/mol. The highest BCUT2D eigenvalue weighted by molar-refractivity contribution is 7.18. The number of hydrogen-bond acceptors (Lipinski definition) is 6. The fourth-order valence-corrected chi connectivity index (χ4v) is 5.39. The van der Waals surface area contributed by atoms with E-state index in [0.717, 1.165) is 61.4 Å². The van der Waals surface area contributed by atoms with Gasteiger partial charge in [-0.15, -0.1) is 11.3 Å². The fourth-order valence-electron chi connectivity index (χ4n) is 4.35. The standard InChI is InChI=1S/C27H30N4OS/c1-20-21(2)33-27-25(20)26(28-24(29-27)19-22-9-5-3-6-10-22)31-15-13-30(14-16-31)17-18-32-23-11-7-4-8-12-23/h3-12H,13-19H2,1-2H3. The number of rotatable bonds is 7. The third-order valence-electron chi connectivity index (χ3n) is 6.35. The number of para-hydroxylation sites is 1. The number of thiophene rings is 1. The van der Waals surface area contributed by atoms with Crippen molar-refractivity contribution in [3.05, 3.63) is 82.5 Å². The number of ether oxygens (including phenoxy) is 1. The Morgan fingerprint density at radius 3 is 2.30 bits per heavy atom. The van der Waals surface area contributed by atoms with E-state index in [1.807, 2.05) is 30.3 Å². The molecule has 0 atom stereocenters. The Hall–Kier alpha value is -2.96. The summed E-state index contributed by atoms with van der Waals surface area (Å²) in [5.74, 6) is 2.95. The number of aromatic nitrogens is 2. The van der Waals surface area contributed by atoms with Gasteiger partial charge in [-0.1, -0.05) is 48.5 Å². The molecule has 5 rings (SSSR count). The lowest BCUT2D eigenvalue weighted by atomic mass is 10.1. The highest BCUT2D eigenvalue weighted by Crippen LogP contribution is 2.35. The SMILES string of the molecule is Cc1sc2nc(Cc3ccccc3)nc(N3CCN(CCOc4ccccc4)CC3)c2c1C. The predicted octanol–water partition coefficient (Wildman–Crippen LogP) is 5.10. The van der Waals surface area contributed by atoms with Gasteiger partial charge in [-0.25, -0.2) is 9.97 Å². The van der Waals surface area contributed by atoms with Gasteiger partial charge in [0.2, 0.25) is 0 Å². The molecule has 4 aromatic rings. The predicted molar refractivity (Wildman–Crippen MR) is 137 cm³/mol. The van der Waals surface area contributed by atoms with E-state index < -0.39 is 0 Å². The first-order chi connectivity index (χ1) is 16.2. The molecule has 33 heavy (non-hydrogen) atoms. The first-order valence-corrected chi connectivity index (χ1v) is 12.4. The number of aryl methyl sites for hydroxylation is 2. The molecule has 1 fully saturated rings. The van der Waals surface area contributed by atoms with Gasteiger partial charge in [0.05, 0.1) is 5.39 Å². The summed E-state index contributed by atoms with van der Waals surface area (Å²) in [5.41, 5.74) is 2.56. The van der Waals surface area contributed by atoms with Crippen molar-refractivity contribution in [2.45, 2.75) is 20.3 Å². The quantitative estimate of drug-likeness (QED) is 0.385. The maximum Gasteiger partial charge on any atom is 0.141 e. The Balaban J connectivity index is 1.29. The van der Waals surface area contributed by atoms with E-state index in [0.29, 0.717) is 6.61 Å². The largest absolute Gasteiger partial charge is 0.492 e. The second-order valence-electron chi connectivity index (χ2n) is 8.58. The van der Waals surface area contributed by atoms with Crippen LogP contribution < -0.4 is 9.64 Å². The molecule has 5 nitrogen and oxygen atoms in total. The summed E-state index contributed by atoms with van der Waals surface area (Å²) in [6.07, 6.45) is 0.760. The van der Waals surface area contributed by atoms with E-state index in [-0.39, 0.29) is 0 Å². The highest BCUT2D eigenvalue weighted by Gasteiger charge is 2.23. The van der Waals surface area contributed by atoms with Crippen LogP contribution in [0, 0.1) is 13.8 Å². The van der Waals surface area contributed by atoms with Crippen LogP contribution in [0.1, 0.15) is 21.8 Å². The van der Waals surface area contributed by atoms with Crippen LogP contribution in [-0.4, -0.2) is 54.2 Å². The molecule has 0 radical (unpaired) electrons. The minimum atomic E-state index is 0.714. The van der Waals surface area contributed by atoms with Crippen molar-refractivity contribution in [2.24, 2.45) is 0 Å². The van der Waals surface area contributed by atoms with Gasteiger partial charge in [0.25, 0.3) is 0 Å². The van der Waals surface area contributed by atoms with Crippen molar-refractivity contribution in [3.63, 3.8) is 0 Å². The van der Waals surface area contributed by atoms with Crippen molar-refractivity contribution in [2.75, 3.05) is 44.2 Å². The summed E-state index contributed by atoms with van der Waals surface area (Å²) in [7, 11) is 0. The normalized spacial score (nSPS) is 14.7. The van der Waals surface area contributed by atoms with Crippen LogP contribution >= 0.6 is 11.3 Å². The maximum atomic E-state index is 5.89. The molecule has 2 aromatic carbocycles. The lowest BCUT2D eigenvalue weighted by Gasteiger charge is -2.35. The molecule has 1 aliphatic heterocycles. The monoisotopic (exact) mass is 458 g/mol. The summed E-state index contributed by atoms with van der Waals surface area (Å²) < 4.78 is 5.89. The molecule has 0 saturated carbocycles. The second kappa shape index (κ2) is 9.89. The Morgan fingerprint density at radius 1 is 0.879 bits per heavy atom. The van der Waals surface area contributed by atoms with E-state index in [2.05, 4.69) is 54.0 Å². The molecule has 2 aromatic heterocycles. The van der Waals surface area contributed by atoms with Gasteiger partial charge in [0.15, 0.2) is 0 Å². The maximum absolute atomic E-state index is 5.89. The first kappa shape index (κ1) is 21.9. The van der Waals surface area contributed by atoms with Crippen molar-refractivity contribution in [1.82, 2.24) is 14.9 Å². The van der Waals surface area contributed by atoms with Gasteiger partial charge >= 0.3 is 0 Å². The van der Waals surface area contributed by atoms with E-state index in [1.54, 1.807) is 11.3 Å². The summed E-state index contributed by atoms with van der Waals surface area (Å²) in [4.78, 5) is 17.4. The second-order valence-corrected chi connectivity index (χ2v) is 9.78. The minimum absolute atomic E-state index is 0.714. The fraction of sp³-hybridized carbons (Fsp3) is 0.333. The minimum Gasteiger partial charge on any atom is -0.492 e. The molecule has 0 spiro atoms. The first-order valence-electron chi connectivity index (χ1n) is 11.6. The van der Waals surface area contributed by atoms with Crippen LogP contribution in [0.25, 0.3) is 10.2 Å². The van der Waals surface area contributed by atoms with Gasteiger partial charge in [-0.3, -0.25) is 4.90 Å². The molecule has 3 heterocycles.